The Morgan fingerprint density at radius 1 is 1.15 bits per heavy atom. The fourth-order valence-electron chi connectivity index (χ4n) is 2.76. The van der Waals surface area contributed by atoms with Crippen LogP contribution in [0.5, 0.6) is 5.75 Å². The molecule has 0 aliphatic heterocycles. The van der Waals surface area contributed by atoms with E-state index in [1.807, 2.05) is 30.3 Å². The van der Waals surface area contributed by atoms with Gasteiger partial charge in [-0.2, -0.15) is 0 Å². The van der Waals surface area contributed by atoms with Crippen LogP contribution in [0.3, 0.4) is 0 Å². The van der Waals surface area contributed by atoms with E-state index in [-0.39, 0.29) is 18.6 Å². The van der Waals surface area contributed by atoms with Crippen molar-refractivity contribution in [2.24, 2.45) is 5.92 Å². The Hall–Kier alpha value is -2.34. The molecule has 1 unspecified atom stereocenters. The number of carbonyl (C=O) groups excluding carboxylic acids is 2. The molecule has 1 amide bonds. The summed E-state index contributed by atoms with van der Waals surface area (Å²) in [5, 5.41) is 2.99. The van der Waals surface area contributed by atoms with Crippen molar-refractivity contribution in [3.8, 4) is 5.75 Å². The van der Waals surface area contributed by atoms with Crippen LogP contribution in [0, 0.1) is 5.92 Å². The summed E-state index contributed by atoms with van der Waals surface area (Å²) in [6.07, 6.45) is 2.15. The van der Waals surface area contributed by atoms with Gasteiger partial charge >= 0.3 is 5.97 Å². The topological polar surface area (TPSA) is 64.6 Å². The van der Waals surface area contributed by atoms with Crippen LogP contribution in [0.4, 0.5) is 0 Å². The molecule has 0 bridgehead atoms. The van der Waals surface area contributed by atoms with Crippen molar-refractivity contribution >= 4 is 27.8 Å². The summed E-state index contributed by atoms with van der Waals surface area (Å²) in [4.78, 5) is 24.4. The van der Waals surface area contributed by atoms with Crippen molar-refractivity contribution in [3.63, 3.8) is 0 Å². The zero-order chi connectivity index (χ0) is 18.5. The lowest BCUT2D eigenvalue weighted by Gasteiger charge is -2.19. The van der Waals surface area contributed by atoms with Crippen molar-refractivity contribution in [1.82, 2.24) is 5.32 Å². The van der Waals surface area contributed by atoms with E-state index in [9.17, 15) is 9.59 Å². The van der Waals surface area contributed by atoms with E-state index in [0.29, 0.717) is 16.0 Å². The zero-order valence-corrected chi connectivity index (χ0v) is 16.0. The Labute approximate surface area is 160 Å². The smallest absolute Gasteiger partial charge is 0.339 e. The number of ether oxygens (including phenoxy) is 2. The van der Waals surface area contributed by atoms with E-state index in [1.54, 1.807) is 25.3 Å². The molecule has 1 fully saturated rings. The van der Waals surface area contributed by atoms with E-state index in [2.05, 4.69) is 21.2 Å². The van der Waals surface area contributed by atoms with Gasteiger partial charge in [0.2, 0.25) is 0 Å². The number of benzene rings is 2. The molecule has 6 heteroatoms. The molecule has 2 aromatic rings. The third-order valence-electron chi connectivity index (χ3n) is 4.31. The summed E-state index contributed by atoms with van der Waals surface area (Å²) in [7, 11) is 1.62. The summed E-state index contributed by atoms with van der Waals surface area (Å²) in [6.45, 7) is -0.306. The standard InChI is InChI=1S/C20H20BrNO4/c1-25-15-10-8-14(9-11-15)19(13-6-7-13)22-18(23)12-26-20(24)16-4-2-3-5-17(16)21/h2-5,8-11,13,19H,6-7,12H2,1H3,(H,22,23). The molecule has 0 saturated heterocycles. The quantitative estimate of drug-likeness (QED) is 0.694. The van der Waals surface area contributed by atoms with Gasteiger partial charge in [0.15, 0.2) is 6.61 Å². The molecule has 2 aromatic carbocycles. The molecule has 1 N–H and O–H groups in total. The summed E-state index contributed by atoms with van der Waals surface area (Å²) in [5.74, 6) is 0.362. The van der Waals surface area contributed by atoms with Crippen molar-refractivity contribution in [2.45, 2.75) is 18.9 Å². The number of nitrogens with one attached hydrogen (secondary N) is 1. The van der Waals surface area contributed by atoms with Crippen LogP contribution in [-0.4, -0.2) is 25.6 Å². The lowest BCUT2D eigenvalue weighted by atomic mass is 10.0. The molecule has 5 nitrogen and oxygen atoms in total. The SMILES string of the molecule is COc1ccc(C(NC(=O)COC(=O)c2ccccc2Br)C2CC2)cc1. The molecule has 0 spiro atoms. The minimum absolute atomic E-state index is 0.0735. The largest absolute Gasteiger partial charge is 0.497 e. The second kappa shape index (κ2) is 8.36. The average Bonchev–Trinajstić information content (AvgIpc) is 3.50. The second-order valence-corrected chi connectivity index (χ2v) is 7.07. The maximum atomic E-state index is 12.3. The van der Waals surface area contributed by atoms with Gasteiger partial charge in [-0.15, -0.1) is 0 Å². The first-order valence-electron chi connectivity index (χ1n) is 8.43. The first-order valence-corrected chi connectivity index (χ1v) is 9.22. The number of methoxy groups -OCH3 is 1. The van der Waals surface area contributed by atoms with E-state index >= 15 is 0 Å². The number of esters is 1. The van der Waals surface area contributed by atoms with Crippen LogP contribution >= 0.6 is 15.9 Å². The highest BCUT2D eigenvalue weighted by molar-refractivity contribution is 9.10. The third kappa shape index (κ3) is 4.64. The Morgan fingerprint density at radius 3 is 2.46 bits per heavy atom. The molecule has 1 aliphatic rings. The van der Waals surface area contributed by atoms with E-state index < -0.39 is 5.97 Å². The van der Waals surface area contributed by atoms with Gasteiger partial charge in [0.1, 0.15) is 5.75 Å². The number of halogens is 1. The van der Waals surface area contributed by atoms with Crippen LogP contribution in [0.15, 0.2) is 53.0 Å². The summed E-state index contributed by atoms with van der Waals surface area (Å²) >= 11 is 3.30. The maximum absolute atomic E-state index is 12.3. The minimum Gasteiger partial charge on any atom is -0.497 e. The summed E-state index contributed by atoms with van der Waals surface area (Å²) in [6, 6.07) is 14.5. The highest BCUT2D eigenvalue weighted by Gasteiger charge is 2.33. The lowest BCUT2D eigenvalue weighted by Crippen LogP contribution is -2.33. The van der Waals surface area contributed by atoms with E-state index in [1.165, 1.54) is 0 Å². The molecule has 3 rings (SSSR count). The van der Waals surface area contributed by atoms with Gasteiger partial charge in [0.25, 0.3) is 5.91 Å². The molecule has 0 aromatic heterocycles. The van der Waals surface area contributed by atoms with E-state index in [0.717, 1.165) is 24.2 Å². The van der Waals surface area contributed by atoms with Crippen LogP contribution in [0.25, 0.3) is 0 Å². The van der Waals surface area contributed by atoms with Crippen LogP contribution in [-0.2, 0) is 9.53 Å². The van der Waals surface area contributed by atoms with E-state index in [4.69, 9.17) is 9.47 Å². The van der Waals surface area contributed by atoms with Gasteiger partial charge in [0, 0.05) is 4.47 Å². The Kier molecular flexibility index (Phi) is 5.93. The maximum Gasteiger partial charge on any atom is 0.339 e. The van der Waals surface area contributed by atoms with Crippen molar-refractivity contribution in [2.75, 3.05) is 13.7 Å². The van der Waals surface area contributed by atoms with Crippen LogP contribution in [0.2, 0.25) is 0 Å². The monoisotopic (exact) mass is 417 g/mol. The van der Waals surface area contributed by atoms with Crippen molar-refractivity contribution < 1.29 is 19.1 Å². The number of amides is 1. The number of carbonyl (C=O) groups is 2. The van der Waals surface area contributed by atoms with Crippen LogP contribution < -0.4 is 10.1 Å². The zero-order valence-electron chi connectivity index (χ0n) is 14.4. The third-order valence-corrected chi connectivity index (χ3v) is 5.00. The fourth-order valence-corrected chi connectivity index (χ4v) is 3.21. The predicted octanol–water partition coefficient (Wildman–Crippen LogP) is 3.88. The molecule has 0 heterocycles. The minimum atomic E-state index is -0.528. The van der Waals surface area contributed by atoms with Gasteiger partial charge in [-0.05, 0) is 64.5 Å². The normalized spacial score (nSPS) is 14.4. The summed E-state index contributed by atoms with van der Waals surface area (Å²) < 4.78 is 11.0. The van der Waals surface area contributed by atoms with Gasteiger partial charge in [-0.25, -0.2) is 4.79 Å². The van der Waals surface area contributed by atoms with Crippen molar-refractivity contribution in [3.05, 3.63) is 64.1 Å². The first kappa shape index (κ1) is 18.5. The number of rotatable bonds is 7. The predicted molar refractivity (Wildman–Crippen MR) is 101 cm³/mol. The molecule has 26 heavy (non-hydrogen) atoms. The van der Waals surface area contributed by atoms with Gasteiger partial charge in [0.05, 0.1) is 18.7 Å². The molecular weight excluding hydrogens is 398 g/mol. The van der Waals surface area contributed by atoms with Gasteiger partial charge < -0.3 is 14.8 Å². The van der Waals surface area contributed by atoms with Gasteiger partial charge in [-0.3, -0.25) is 4.79 Å². The Balaban J connectivity index is 1.58. The average molecular weight is 418 g/mol. The Morgan fingerprint density at radius 2 is 1.85 bits per heavy atom. The highest BCUT2D eigenvalue weighted by Crippen LogP contribution is 2.41. The first-order chi connectivity index (χ1) is 12.6. The molecule has 1 aliphatic carbocycles. The van der Waals surface area contributed by atoms with Crippen molar-refractivity contribution in [1.29, 1.82) is 0 Å². The number of hydrogen-bond donors (Lipinski definition) is 1. The molecular formula is C20H20BrNO4. The lowest BCUT2D eigenvalue weighted by molar-refractivity contribution is -0.125. The van der Waals surface area contributed by atoms with Gasteiger partial charge in [-0.1, -0.05) is 24.3 Å². The molecule has 1 saturated carbocycles. The summed E-state index contributed by atoms with van der Waals surface area (Å²) in [5.41, 5.74) is 1.42. The number of hydrogen-bond acceptors (Lipinski definition) is 4. The molecule has 0 radical (unpaired) electrons. The molecule has 1 atom stereocenters. The fraction of sp³-hybridized carbons (Fsp3) is 0.300. The molecule has 136 valence electrons. The van der Waals surface area contributed by atoms with Crippen LogP contribution in [0.1, 0.15) is 34.8 Å². The second-order valence-electron chi connectivity index (χ2n) is 6.21. The highest BCUT2D eigenvalue weighted by atomic mass is 79.9. The Bertz CT molecular complexity index is 787.